The van der Waals surface area contributed by atoms with Crippen molar-refractivity contribution in [2.75, 3.05) is 31.2 Å². The van der Waals surface area contributed by atoms with Gasteiger partial charge in [0, 0.05) is 19.2 Å². The highest BCUT2D eigenvalue weighted by Gasteiger charge is 2.27. The van der Waals surface area contributed by atoms with Gasteiger partial charge in [-0.25, -0.2) is 4.79 Å². The number of carboxylic acid groups (broad SMARTS) is 1. The Hall–Kier alpha value is -3.29. The third-order valence-electron chi connectivity index (χ3n) is 5.57. The minimum Gasteiger partial charge on any atom is -0.507 e. The lowest BCUT2D eigenvalue weighted by Crippen LogP contribution is -2.27. The molecule has 0 spiro atoms. The predicted octanol–water partition coefficient (Wildman–Crippen LogP) is 5.91. The van der Waals surface area contributed by atoms with Crippen LogP contribution in [0.5, 0.6) is 17.2 Å². The minimum absolute atomic E-state index is 0.0726. The smallest absolute Gasteiger partial charge is 0.339 e. The van der Waals surface area contributed by atoms with Crippen molar-refractivity contribution in [2.24, 2.45) is 5.18 Å². The van der Waals surface area contributed by atoms with E-state index in [-0.39, 0.29) is 23.3 Å². The normalized spacial score (nSPS) is 12.2. The van der Waals surface area contributed by atoms with Gasteiger partial charge >= 0.3 is 5.97 Å². The van der Waals surface area contributed by atoms with Gasteiger partial charge in [-0.05, 0) is 55.0 Å². The SMILES string of the molecule is CCCOc1cc(C(COc2ccc(C(=O)O)c(O)c2)N=O)cc(C(C)(C)C)c1N(CC)CC. The number of rotatable bonds is 12. The maximum absolute atomic E-state index is 11.8. The molecule has 0 aliphatic carbocycles. The van der Waals surface area contributed by atoms with Crippen LogP contribution < -0.4 is 14.4 Å². The molecule has 0 saturated carbocycles. The molecule has 0 bridgehead atoms. The van der Waals surface area contributed by atoms with Gasteiger partial charge in [-0.2, -0.15) is 4.91 Å². The second kappa shape index (κ2) is 11.7. The van der Waals surface area contributed by atoms with E-state index >= 15 is 0 Å². The Morgan fingerprint density at radius 2 is 1.76 bits per heavy atom. The standard InChI is InChI=1S/C26H36N2O6/c1-7-12-33-23-14-17(13-20(26(4,5)6)24(23)28(8-2)9-3)21(27-32)16-34-18-10-11-19(25(30)31)22(29)15-18/h10-11,13-15,21,29H,7-9,12,16H2,1-6H3,(H,30,31). The molecular formula is C26H36N2O6. The molecule has 0 aromatic heterocycles. The number of hydrogen-bond acceptors (Lipinski definition) is 7. The molecule has 8 heteroatoms. The number of carboxylic acids is 1. The zero-order valence-corrected chi connectivity index (χ0v) is 20.9. The van der Waals surface area contributed by atoms with Gasteiger partial charge in [-0.1, -0.05) is 38.9 Å². The van der Waals surface area contributed by atoms with Crippen LogP contribution in [0.1, 0.15) is 75.5 Å². The molecular weight excluding hydrogens is 436 g/mol. The highest BCUT2D eigenvalue weighted by Crippen LogP contribution is 2.42. The number of hydrogen-bond donors (Lipinski definition) is 2. The van der Waals surface area contributed by atoms with Gasteiger partial charge in [-0.15, -0.1) is 0 Å². The summed E-state index contributed by atoms with van der Waals surface area (Å²) in [6, 6.07) is 6.93. The van der Waals surface area contributed by atoms with Crippen LogP contribution in [0.25, 0.3) is 0 Å². The Morgan fingerprint density at radius 3 is 2.26 bits per heavy atom. The molecule has 0 aliphatic heterocycles. The Bertz CT molecular complexity index is 996. The summed E-state index contributed by atoms with van der Waals surface area (Å²) in [5.74, 6) is -0.687. The molecule has 1 atom stereocenters. The number of carbonyl (C=O) groups is 1. The molecule has 0 saturated heterocycles. The molecule has 34 heavy (non-hydrogen) atoms. The Balaban J connectivity index is 2.47. The summed E-state index contributed by atoms with van der Waals surface area (Å²) in [6.45, 7) is 14.7. The topological polar surface area (TPSA) is 109 Å². The van der Waals surface area contributed by atoms with Gasteiger partial charge in [0.1, 0.15) is 29.4 Å². The number of nitroso groups, excluding NO2 is 1. The summed E-state index contributed by atoms with van der Waals surface area (Å²) in [5, 5.41) is 22.3. The molecule has 186 valence electrons. The average Bonchev–Trinajstić information content (AvgIpc) is 2.78. The maximum atomic E-state index is 11.8. The predicted molar refractivity (Wildman–Crippen MR) is 134 cm³/mol. The first-order valence-corrected chi connectivity index (χ1v) is 11.6. The summed E-state index contributed by atoms with van der Waals surface area (Å²) in [4.78, 5) is 25.2. The van der Waals surface area contributed by atoms with E-state index in [4.69, 9.17) is 14.6 Å². The molecule has 8 nitrogen and oxygen atoms in total. The lowest BCUT2D eigenvalue weighted by Gasteiger charge is -2.33. The monoisotopic (exact) mass is 472 g/mol. The third-order valence-corrected chi connectivity index (χ3v) is 5.57. The van der Waals surface area contributed by atoms with Gasteiger partial charge < -0.3 is 24.6 Å². The zero-order chi connectivity index (χ0) is 25.5. The average molecular weight is 473 g/mol. The van der Waals surface area contributed by atoms with Crippen molar-refractivity contribution in [3.63, 3.8) is 0 Å². The van der Waals surface area contributed by atoms with Gasteiger partial charge in [0.05, 0.1) is 12.3 Å². The van der Waals surface area contributed by atoms with E-state index in [2.05, 4.69) is 44.7 Å². The molecule has 0 radical (unpaired) electrons. The fraction of sp³-hybridized carbons (Fsp3) is 0.500. The van der Waals surface area contributed by atoms with Crippen LogP contribution in [0.4, 0.5) is 5.69 Å². The first-order chi connectivity index (χ1) is 16.1. The van der Waals surface area contributed by atoms with Crippen LogP contribution >= 0.6 is 0 Å². The Morgan fingerprint density at radius 1 is 1.09 bits per heavy atom. The Kier molecular flexibility index (Phi) is 9.29. The van der Waals surface area contributed by atoms with Crippen molar-refractivity contribution < 1.29 is 24.5 Å². The van der Waals surface area contributed by atoms with Gasteiger partial charge in [0.15, 0.2) is 6.04 Å². The molecule has 0 amide bonds. The number of anilines is 1. The van der Waals surface area contributed by atoms with E-state index in [0.717, 1.165) is 30.8 Å². The van der Waals surface area contributed by atoms with Crippen LogP contribution in [0.2, 0.25) is 0 Å². The molecule has 2 rings (SSSR count). The van der Waals surface area contributed by atoms with E-state index in [1.165, 1.54) is 18.2 Å². The van der Waals surface area contributed by atoms with Gasteiger partial charge in [0.25, 0.3) is 0 Å². The van der Waals surface area contributed by atoms with E-state index in [0.29, 0.717) is 17.9 Å². The number of nitrogens with zero attached hydrogens (tertiary/aromatic N) is 2. The van der Waals surface area contributed by atoms with Crippen LogP contribution in [0.3, 0.4) is 0 Å². The number of phenols is 1. The largest absolute Gasteiger partial charge is 0.507 e. The van der Waals surface area contributed by atoms with Crippen molar-refractivity contribution in [3.8, 4) is 17.2 Å². The van der Waals surface area contributed by atoms with Crippen molar-refractivity contribution in [1.29, 1.82) is 0 Å². The molecule has 0 aliphatic rings. The fourth-order valence-corrected chi connectivity index (χ4v) is 3.73. The molecule has 2 N–H and O–H groups in total. The van der Waals surface area contributed by atoms with Crippen LogP contribution in [0, 0.1) is 4.91 Å². The van der Waals surface area contributed by atoms with Crippen LogP contribution in [-0.4, -0.2) is 42.5 Å². The van der Waals surface area contributed by atoms with Crippen LogP contribution in [-0.2, 0) is 5.41 Å². The zero-order valence-electron chi connectivity index (χ0n) is 20.9. The van der Waals surface area contributed by atoms with E-state index in [9.17, 15) is 14.8 Å². The van der Waals surface area contributed by atoms with Crippen LogP contribution in [0.15, 0.2) is 35.5 Å². The minimum atomic E-state index is -1.24. The Labute approximate surface area is 201 Å². The summed E-state index contributed by atoms with van der Waals surface area (Å²) in [7, 11) is 0. The second-order valence-corrected chi connectivity index (χ2v) is 9.10. The van der Waals surface area contributed by atoms with Crippen molar-refractivity contribution >= 4 is 11.7 Å². The number of aromatic hydroxyl groups is 1. The van der Waals surface area contributed by atoms with E-state index in [1.54, 1.807) is 0 Å². The number of ether oxygens (including phenoxy) is 2. The lowest BCUT2D eigenvalue weighted by molar-refractivity contribution is 0.0693. The molecule has 1 unspecified atom stereocenters. The second-order valence-electron chi connectivity index (χ2n) is 9.10. The van der Waals surface area contributed by atoms with Gasteiger partial charge in [-0.3, -0.25) is 0 Å². The van der Waals surface area contributed by atoms with Gasteiger partial charge in [0.2, 0.25) is 0 Å². The molecule has 0 fully saturated rings. The lowest BCUT2D eigenvalue weighted by atomic mass is 9.83. The molecule has 0 heterocycles. The first kappa shape index (κ1) is 27.0. The first-order valence-electron chi connectivity index (χ1n) is 11.6. The van der Waals surface area contributed by atoms with E-state index < -0.39 is 17.8 Å². The summed E-state index contributed by atoms with van der Waals surface area (Å²) in [5.41, 5.74) is 2.31. The number of aromatic carboxylic acids is 1. The van der Waals surface area contributed by atoms with Crippen molar-refractivity contribution in [2.45, 2.75) is 59.4 Å². The van der Waals surface area contributed by atoms with Crippen molar-refractivity contribution in [3.05, 3.63) is 51.9 Å². The molecule has 2 aromatic carbocycles. The maximum Gasteiger partial charge on any atom is 0.339 e. The highest BCUT2D eigenvalue weighted by atomic mass is 16.5. The summed E-state index contributed by atoms with van der Waals surface area (Å²) < 4.78 is 11.8. The summed E-state index contributed by atoms with van der Waals surface area (Å²) >= 11 is 0. The third kappa shape index (κ3) is 6.40. The summed E-state index contributed by atoms with van der Waals surface area (Å²) in [6.07, 6.45) is 0.848. The van der Waals surface area contributed by atoms with E-state index in [1.807, 2.05) is 19.1 Å². The number of benzene rings is 2. The molecule has 2 aromatic rings. The van der Waals surface area contributed by atoms with Crippen molar-refractivity contribution in [1.82, 2.24) is 0 Å². The fourth-order valence-electron chi connectivity index (χ4n) is 3.73. The quantitative estimate of drug-likeness (QED) is 0.370. The highest BCUT2D eigenvalue weighted by molar-refractivity contribution is 5.90.